The van der Waals surface area contributed by atoms with Crippen molar-refractivity contribution in [1.82, 2.24) is 10.2 Å². The molecule has 1 saturated heterocycles. The molecular formula is C13H14FN3O4. The van der Waals surface area contributed by atoms with Gasteiger partial charge in [0.15, 0.2) is 0 Å². The standard InChI is InChI=1S/C13H14FN3O4/c1-16-12(18)5-3-10(13(16)19)15-7-8-2-4-11(17(20)21)9(14)6-8/h2,4,6,10,15H,3,5,7H2,1H3. The van der Waals surface area contributed by atoms with E-state index in [9.17, 15) is 24.1 Å². The Morgan fingerprint density at radius 3 is 2.81 bits per heavy atom. The number of nitrogens with zero attached hydrogens (tertiary/aromatic N) is 2. The average molecular weight is 295 g/mol. The molecule has 0 spiro atoms. The van der Waals surface area contributed by atoms with Crippen molar-refractivity contribution in [2.75, 3.05) is 7.05 Å². The van der Waals surface area contributed by atoms with Crippen molar-refractivity contribution in [2.24, 2.45) is 0 Å². The molecular weight excluding hydrogens is 281 g/mol. The molecule has 2 rings (SSSR count). The number of likely N-dealkylation sites (N-methyl/N-ethyl adjacent to an activating group) is 1. The molecule has 7 nitrogen and oxygen atoms in total. The van der Waals surface area contributed by atoms with Crippen molar-refractivity contribution in [3.8, 4) is 0 Å². The second-order valence-corrected chi connectivity index (χ2v) is 4.81. The van der Waals surface area contributed by atoms with E-state index in [4.69, 9.17) is 0 Å². The van der Waals surface area contributed by atoms with E-state index in [0.717, 1.165) is 17.0 Å². The van der Waals surface area contributed by atoms with Crippen molar-refractivity contribution in [1.29, 1.82) is 0 Å². The summed E-state index contributed by atoms with van der Waals surface area (Å²) >= 11 is 0. The number of nitro benzene ring substituents is 1. The number of hydrogen-bond donors (Lipinski definition) is 1. The summed E-state index contributed by atoms with van der Waals surface area (Å²) < 4.78 is 13.5. The van der Waals surface area contributed by atoms with Gasteiger partial charge in [-0.3, -0.25) is 24.6 Å². The number of benzene rings is 1. The molecule has 1 aromatic carbocycles. The fourth-order valence-corrected chi connectivity index (χ4v) is 2.15. The first kappa shape index (κ1) is 15.0. The molecule has 112 valence electrons. The minimum absolute atomic E-state index is 0.188. The van der Waals surface area contributed by atoms with Crippen molar-refractivity contribution < 1.29 is 18.9 Å². The summed E-state index contributed by atoms with van der Waals surface area (Å²) in [5, 5.41) is 13.5. The van der Waals surface area contributed by atoms with Gasteiger partial charge in [0.25, 0.3) is 0 Å². The average Bonchev–Trinajstić information content (AvgIpc) is 2.44. The Hall–Kier alpha value is -2.35. The van der Waals surface area contributed by atoms with E-state index in [-0.39, 0.29) is 24.8 Å². The van der Waals surface area contributed by atoms with E-state index >= 15 is 0 Å². The van der Waals surface area contributed by atoms with E-state index < -0.39 is 22.5 Å². The Morgan fingerprint density at radius 1 is 1.48 bits per heavy atom. The van der Waals surface area contributed by atoms with Crippen LogP contribution in [0.4, 0.5) is 10.1 Å². The van der Waals surface area contributed by atoms with Crippen LogP contribution in [0, 0.1) is 15.9 Å². The quantitative estimate of drug-likeness (QED) is 0.507. The third-order valence-corrected chi connectivity index (χ3v) is 3.41. The summed E-state index contributed by atoms with van der Waals surface area (Å²) in [6.07, 6.45) is 0.659. The van der Waals surface area contributed by atoms with Gasteiger partial charge in [-0.2, -0.15) is 4.39 Å². The van der Waals surface area contributed by atoms with Crippen LogP contribution in [0.3, 0.4) is 0 Å². The summed E-state index contributed by atoms with van der Waals surface area (Å²) in [6, 6.07) is 3.07. The molecule has 0 radical (unpaired) electrons. The smallest absolute Gasteiger partial charge is 0.302 e. The molecule has 0 bridgehead atoms. The van der Waals surface area contributed by atoms with Crippen molar-refractivity contribution in [3.63, 3.8) is 0 Å². The van der Waals surface area contributed by atoms with E-state index in [1.165, 1.54) is 13.1 Å². The van der Waals surface area contributed by atoms with Gasteiger partial charge in [0.2, 0.25) is 17.6 Å². The zero-order chi connectivity index (χ0) is 15.6. The number of carbonyl (C=O) groups excluding carboxylic acids is 2. The van der Waals surface area contributed by atoms with Crippen molar-refractivity contribution in [3.05, 3.63) is 39.7 Å². The predicted octanol–water partition coefficient (Wildman–Crippen LogP) is 0.971. The minimum atomic E-state index is -0.915. The summed E-state index contributed by atoms with van der Waals surface area (Å²) in [5.41, 5.74) is -0.0942. The molecule has 1 fully saturated rings. The topological polar surface area (TPSA) is 92.6 Å². The molecule has 0 saturated carbocycles. The lowest BCUT2D eigenvalue weighted by Crippen LogP contribution is -2.51. The molecule has 0 aliphatic carbocycles. The molecule has 21 heavy (non-hydrogen) atoms. The number of carbonyl (C=O) groups is 2. The number of halogens is 1. The molecule has 1 atom stereocenters. The normalized spacial score (nSPS) is 19.0. The van der Waals surface area contributed by atoms with Gasteiger partial charge in [-0.25, -0.2) is 0 Å². The lowest BCUT2D eigenvalue weighted by molar-refractivity contribution is -0.387. The number of nitro groups is 1. The Kier molecular flexibility index (Phi) is 4.27. The van der Waals surface area contributed by atoms with E-state index in [2.05, 4.69) is 5.32 Å². The van der Waals surface area contributed by atoms with Crippen LogP contribution in [-0.2, 0) is 16.1 Å². The number of amides is 2. The minimum Gasteiger partial charge on any atom is -0.302 e. The monoisotopic (exact) mass is 295 g/mol. The van der Waals surface area contributed by atoms with Crippen LogP contribution < -0.4 is 5.32 Å². The Bertz CT molecular complexity index is 605. The van der Waals surface area contributed by atoms with Gasteiger partial charge < -0.3 is 5.32 Å². The van der Waals surface area contributed by atoms with Gasteiger partial charge in [-0.15, -0.1) is 0 Å². The summed E-state index contributed by atoms with van der Waals surface area (Å²) in [4.78, 5) is 34.0. The maximum Gasteiger partial charge on any atom is 0.304 e. The zero-order valence-corrected chi connectivity index (χ0v) is 11.3. The first-order valence-corrected chi connectivity index (χ1v) is 6.36. The molecule has 1 heterocycles. The highest BCUT2D eigenvalue weighted by atomic mass is 19.1. The van der Waals surface area contributed by atoms with Gasteiger partial charge in [0.05, 0.1) is 11.0 Å². The largest absolute Gasteiger partial charge is 0.304 e. The molecule has 1 N–H and O–H groups in total. The highest BCUT2D eigenvalue weighted by Crippen LogP contribution is 2.18. The van der Waals surface area contributed by atoms with Crippen molar-refractivity contribution >= 4 is 17.5 Å². The van der Waals surface area contributed by atoms with Crippen LogP contribution in [0.25, 0.3) is 0 Å². The number of piperidine rings is 1. The van der Waals surface area contributed by atoms with Crippen LogP contribution in [0.1, 0.15) is 18.4 Å². The number of hydrogen-bond acceptors (Lipinski definition) is 5. The van der Waals surface area contributed by atoms with E-state index in [1.807, 2.05) is 0 Å². The second-order valence-electron chi connectivity index (χ2n) is 4.81. The molecule has 1 aliphatic heterocycles. The predicted molar refractivity (Wildman–Crippen MR) is 70.7 cm³/mol. The lowest BCUT2D eigenvalue weighted by atomic mass is 10.0. The van der Waals surface area contributed by atoms with Crippen LogP contribution >= 0.6 is 0 Å². The molecule has 1 aliphatic rings. The lowest BCUT2D eigenvalue weighted by Gasteiger charge is -2.28. The van der Waals surface area contributed by atoms with Gasteiger partial charge in [-0.05, 0) is 18.1 Å². The second kappa shape index (κ2) is 5.96. The molecule has 1 unspecified atom stereocenters. The van der Waals surface area contributed by atoms with Gasteiger partial charge in [-0.1, -0.05) is 6.07 Å². The van der Waals surface area contributed by atoms with Gasteiger partial charge >= 0.3 is 5.69 Å². The zero-order valence-electron chi connectivity index (χ0n) is 11.3. The first-order valence-electron chi connectivity index (χ1n) is 6.36. The summed E-state index contributed by atoms with van der Waals surface area (Å²) in [7, 11) is 1.42. The Labute approximate surface area is 119 Å². The van der Waals surface area contributed by atoms with Gasteiger partial charge in [0.1, 0.15) is 0 Å². The number of nitrogens with one attached hydrogen (secondary N) is 1. The third kappa shape index (κ3) is 3.22. The fourth-order valence-electron chi connectivity index (χ4n) is 2.15. The summed E-state index contributed by atoms with van der Waals surface area (Å²) in [5.74, 6) is -1.46. The Morgan fingerprint density at radius 2 is 2.19 bits per heavy atom. The summed E-state index contributed by atoms with van der Waals surface area (Å²) in [6.45, 7) is 0.188. The SMILES string of the molecule is CN1C(=O)CCC(NCc2ccc([N+](=O)[O-])c(F)c2)C1=O. The molecule has 2 amide bonds. The maximum atomic E-state index is 13.5. The molecule has 1 aromatic rings. The van der Waals surface area contributed by atoms with Gasteiger partial charge in [0, 0.05) is 26.1 Å². The number of rotatable bonds is 4. The van der Waals surface area contributed by atoms with Crippen LogP contribution in [0.5, 0.6) is 0 Å². The molecule has 0 aromatic heterocycles. The number of likely N-dealkylation sites (tertiary alicyclic amines) is 1. The highest BCUT2D eigenvalue weighted by molar-refractivity contribution is 6.00. The molecule has 8 heteroatoms. The van der Waals surface area contributed by atoms with Crippen LogP contribution in [-0.4, -0.2) is 34.7 Å². The van der Waals surface area contributed by atoms with Crippen molar-refractivity contribution in [2.45, 2.75) is 25.4 Å². The fraction of sp³-hybridized carbons (Fsp3) is 0.385. The first-order chi connectivity index (χ1) is 9.90. The third-order valence-electron chi connectivity index (χ3n) is 3.41. The van der Waals surface area contributed by atoms with Crippen LogP contribution in [0.2, 0.25) is 0 Å². The highest BCUT2D eigenvalue weighted by Gasteiger charge is 2.31. The maximum absolute atomic E-state index is 13.5. The number of imide groups is 1. The van der Waals surface area contributed by atoms with E-state index in [0.29, 0.717) is 12.0 Å². The Balaban J connectivity index is 2.00. The van der Waals surface area contributed by atoms with Crippen LogP contribution in [0.15, 0.2) is 18.2 Å². The van der Waals surface area contributed by atoms with E-state index in [1.54, 1.807) is 0 Å².